The molecule has 5 nitrogen and oxygen atoms in total. The Hall–Kier alpha value is -1.36. The van der Waals surface area contributed by atoms with E-state index in [-0.39, 0.29) is 5.92 Å². The van der Waals surface area contributed by atoms with Gasteiger partial charge in [-0.05, 0) is 0 Å². The third kappa shape index (κ3) is 1.62. The standard InChI is InChI=1S/C7H11N3O2/c1-4(5(8)7(11)12)6-9-2-3-10-6/h2-5H,8H2,1H3,(H,9,10)(H,11,12). The summed E-state index contributed by atoms with van der Waals surface area (Å²) in [5.41, 5.74) is 5.39. The minimum atomic E-state index is -1.01. The molecular weight excluding hydrogens is 158 g/mol. The molecule has 0 radical (unpaired) electrons. The number of rotatable bonds is 3. The highest BCUT2D eigenvalue weighted by Crippen LogP contribution is 2.12. The van der Waals surface area contributed by atoms with E-state index in [9.17, 15) is 4.79 Å². The van der Waals surface area contributed by atoms with Crippen molar-refractivity contribution in [2.45, 2.75) is 18.9 Å². The second-order valence-electron chi connectivity index (χ2n) is 2.63. The van der Waals surface area contributed by atoms with Gasteiger partial charge in [-0.3, -0.25) is 4.79 Å². The normalized spacial score (nSPS) is 15.5. The third-order valence-electron chi connectivity index (χ3n) is 1.77. The molecule has 4 N–H and O–H groups in total. The first kappa shape index (κ1) is 8.73. The summed E-state index contributed by atoms with van der Waals surface area (Å²) in [6, 6.07) is -0.906. The van der Waals surface area contributed by atoms with Gasteiger partial charge in [-0.15, -0.1) is 0 Å². The highest BCUT2D eigenvalue weighted by molar-refractivity contribution is 5.74. The molecule has 0 aliphatic heterocycles. The fourth-order valence-electron chi connectivity index (χ4n) is 0.910. The highest BCUT2D eigenvalue weighted by Gasteiger charge is 2.22. The number of aromatic amines is 1. The maximum atomic E-state index is 10.5. The van der Waals surface area contributed by atoms with Gasteiger partial charge in [0.05, 0.1) is 0 Å². The van der Waals surface area contributed by atoms with Crippen LogP contribution in [0.2, 0.25) is 0 Å². The zero-order valence-electron chi connectivity index (χ0n) is 6.69. The second kappa shape index (κ2) is 3.36. The third-order valence-corrected chi connectivity index (χ3v) is 1.77. The van der Waals surface area contributed by atoms with E-state index in [2.05, 4.69) is 9.97 Å². The van der Waals surface area contributed by atoms with Crippen molar-refractivity contribution in [1.29, 1.82) is 0 Å². The summed E-state index contributed by atoms with van der Waals surface area (Å²) in [7, 11) is 0. The lowest BCUT2D eigenvalue weighted by atomic mass is 10.0. The largest absolute Gasteiger partial charge is 0.480 e. The Bertz CT molecular complexity index is 258. The molecule has 1 aromatic rings. The van der Waals surface area contributed by atoms with Crippen molar-refractivity contribution in [3.8, 4) is 0 Å². The van der Waals surface area contributed by atoms with Crippen LogP contribution in [0.25, 0.3) is 0 Å². The first-order valence-corrected chi connectivity index (χ1v) is 3.60. The Morgan fingerprint density at radius 1 is 1.83 bits per heavy atom. The monoisotopic (exact) mass is 169 g/mol. The van der Waals surface area contributed by atoms with Crippen LogP contribution in [0, 0.1) is 0 Å². The van der Waals surface area contributed by atoms with E-state index in [4.69, 9.17) is 10.8 Å². The molecule has 2 atom stereocenters. The quantitative estimate of drug-likeness (QED) is 0.590. The molecule has 0 aliphatic carbocycles. The van der Waals surface area contributed by atoms with Gasteiger partial charge in [-0.25, -0.2) is 4.98 Å². The van der Waals surface area contributed by atoms with Crippen LogP contribution in [0.5, 0.6) is 0 Å². The van der Waals surface area contributed by atoms with Crippen LogP contribution >= 0.6 is 0 Å². The van der Waals surface area contributed by atoms with E-state index in [1.165, 1.54) is 0 Å². The Labute approximate surface area is 69.6 Å². The van der Waals surface area contributed by atoms with Crippen LogP contribution in [0.4, 0.5) is 0 Å². The van der Waals surface area contributed by atoms with Crippen molar-refractivity contribution >= 4 is 5.97 Å². The molecular formula is C7H11N3O2. The fraction of sp³-hybridized carbons (Fsp3) is 0.429. The van der Waals surface area contributed by atoms with Crippen molar-refractivity contribution in [3.63, 3.8) is 0 Å². The summed E-state index contributed by atoms with van der Waals surface area (Å²) >= 11 is 0. The van der Waals surface area contributed by atoms with Gasteiger partial charge in [0.15, 0.2) is 0 Å². The Balaban J connectivity index is 2.71. The maximum Gasteiger partial charge on any atom is 0.321 e. The summed E-state index contributed by atoms with van der Waals surface area (Å²) in [6.45, 7) is 1.72. The fourth-order valence-corrected chi connectivity index (χ4v) is 0.910. The van der Waals surface area contributed by atoms with Gasteiger partial charge in [0.1, 0.15) is 11.9 Å². The van der Waals surface area contributed by atoms with E-state index >= 15 is 0 Å². The Morgan fingerprint density at radius 3 is 2.92 bits per heavy atom. The predicted molar refractivity (Wildman–Crippen MR) is 42.6 cm³/mol. The summed E-state index contributed by atoms with van der Waals surface area (Å²) in [5, 5.41) is 8.58. The number of aromatic nitrogens is 2. The average Bonchev–Trinajstić information content (AvgIpc) is 2.53. The first-order valence-electron chi connectivity index (χ1n) is 3.60. The van der Waals surface area contributed by atoms with Crippen LogP contribution in [0.15, 0.2) is 12.4 Å². The van der Waals surface area contributed by atoms with Gasteiger partial charge < -0.3 is 15.8 Å². The lowest BCUT2D eigenvalue weighted by Crippen LogP contribution is -2.35. The lowest BCUT2D eigenvalue weighted by Gasteiger charge is -2.12. The minimum absolute atomic E-state index is 0.294. The molecule has 0 saturated carbocycles. The zero-order valence-corrected chi connectivity index (χ0v) is 6.69. The van der Waals surface area contributed by atoms with E-state index in [1.807, 2.05) is 0 Å². The first-order chi connectivity index (χ1) is 5.63. The second-order valence-corrected chi connectivity index (χ2v) is 2.63. The summed E-state index contributed by atoms with van der Waals surface area (Å²) in [5.74, 6) is -0.707. The molecule has 0 fully saturated rings. The number of H-pyrrole nitrogens is 1. The number of hydrogen-bond acceptors (Lipinski definition) is 3. The van der Waals surface area contributed by atoms with E-state index in [0.717, 1.165) is 0 Å². The molecule has 5 heteroatoms. The van der Waals surface area contributed by atoms with Gasteiger partial charge in [-0.1, -0.05) is 6.92 Å². The van der Waals surface area contributed by atoms with Crippen molar-refractivity contribution in [1.82, 2.24) is 9.97 Å². The molecule has 0 aromatic carbocycles. The highest BCUT2D eigenvalue weighted by atomic mass is 16.4. The van der Waals surface area contributed by atoms with E-state index < -0.39 is 12.0 Å². The summed E-state index contributed by atoms with van der Waals surface area (Å²) in [6.07, 6.45) is 3.21. The number of nitrogens with one attached hydrogen (secondary N) is 1. The van der Waals surface area contributed by atoms with E-state index in [1.54, 1.807) is 19.3 Å². The van der Waals surface area contributed by atoms with Gasteiger partial charge in [0, 0.05) is 18.3 Å². The van der Waals surface area contributed by atoms with Gasteiger partial charge in [-0.2, -0.15) is 0 Å². The minimum Gasteiger partial charge on any atom is -0.480 e. The van der Waals surface area contributed by atoms with Crippen molar-refractivity contribution in [2.24, 2.45) is 5.73 Å². The smallest absolute Gasteiger partial charge is 0.321 e. The van der Waals surface area contributed by atoms with Crippen LogP contribution in [0.3, 0.4) is 0 Å². The number of imidazole rings is 1. The molecule has 66 valence electrons. The molecule has 12 heavy (non-hydrogen) atoms. The number of hydrogen-bond donors (Lipinski definition) is 3. The number of carboxylic acids is 1. The van der Waals surface area contributed by atoms with Crippen molar-refractivity contribution in [3.05, 3.63) is 18.2 Å². The number of nitrogens with two attached hydrogens (primary N) is 1. The van der Waals surface area contributed by atoms with Gasteiger partial charge >= 0.3 is 5.97 Å². The number of aliphatic carboxylic acids is 1. The van der Waals surface area contributed by atoms with E-state index in [0.29, 0.717) is 5.82 Å². The number of carbonyl (C=O) groups is 1. The zero-order chi connectivity index (χ0) is 9.14. The molecule has 0 aliphatic rings. The molecule has 0 spiro atoms. The van der Waals surface area contributed by atoms with Crippen molar-refractivity contribution < 1.29 is 9.90 Å². The molecule has 1 aromatic heterocycles. The van der Waals surface area contributed by atoms with Crippen LogP contribution in [-0.4, -0.2) is 27.1 Å². The molecule has 0 amide bonds. The summed E-state index contributed by atoms with van der Waals surface area (Å²) in [4.78, 5) is 17.2. The SMILES string of the molecule is CC(c1ncc[nH]1)C(N)C(=O)O. The molecule has 1 rings (SSSR count). The predicted octanol–water partition coefficient (Wildman–Crippen LogP) is -0.0749. The average molecular weight is 169 g/mol. The van der Waals surface area contributed by atoms with Gasteiger partial charge in [0.2, 0.25) is 0 Å². The molecule has 0 bridgehead atoms. The Kier molecular flexibility index (Phi) is 2.44. The Morgan fingerprint density at radius 2 is 2.50 bits per heavy atom. The van der Waals surface area contributed by atoms with Gasteiger partial charge in [0.25, 0.3) is 0 Å². The van der Waals surface area contributed by atoms with Crippen LogP contribution < -0.4 is 5.73 Å². The maximum absolute atomic E-state index is 10.5. The topological polar surface area (TPSA) is 92.0 Å². The van der Waals surface area contributed by atoms with Crippen LogP contribution in [-0.2, 0) is 4.79 Å². The molecule has 2 unspecified atom stereocenters. The molecule has 1 heterocycles. The molecule has 0 saturated heterocycles. The summed E-state index contributed by atoms with van der Waals surface area (Å²) < 4.78 is 0. The number of carboxylic acid groups (broad SMARTS) is 1. The number of nitrogens with zero attached hydrogens (tertiary/aromatic N) is 1. The van der Waals surface area contributed by atoms with Crippen LogP contribution in [0.1, 0.15) is 18.7 Å². The lowest BCUT2D eigenvalue weighted by molar-refractivity contribution is -0.139. The van der Waals surface area contributed by atoms with Crippen molar-refractivity contribution in [2.75, 3.05) is 0 Å².